The number of nitrogens with one attached hydrogen (secondary N) is 1. The lowest BCUT2D eigenvalue weighted by Gasteiger charge is -2.07. The summed E-state index contributed by atoms with van der Waals surface area (Å²) in [5.74, 6) is 3.81. The first-order valence-corrected chi connectivity index (χ1v) is 6.31. The van der Waals surface area contributed by atoms with E-state index in [1.165, 1.54) is 18.3 Å². The van der Waals surface area contributed by atoms with Crippen LogP contribution in [0.15, 0.2) is 36.5 Å². The highest BCUT2D eigenvalue weighted by Crippen LogP contribution is 2.19. The molecule has 0 aliphatic carbocycles. The summed E-state index contributed by atoms with van der Waals surface area (Å²) in [5.41, 5.74) is 0.391. The van der Waals surface area contributed by atoms with Gasteiger partial charge in [0.2, 0.25) is 0 Å². The van der Waals surface area contributed by atoms with Crippen molar-refractivity contribution in [1.82, 2.24) is 4.98 Å². The number of benzene rings is 1. The molecule has 0 unspecified atom stereocenters. The molecule has 106 valence electrons. The minimum absolute atomic E-state index is 0.00359. The molecule has 0 fully saturated rings. The maximum Gasteiger partial charge on any atom is 0.275 e. The average molecular weight is 305 g/mol. The van der Waals surface area contributed by atoms with Crippen molar-refractivity contribution in [2.75, 3.05) is 11.9 Å². The molecule has 2 rings (SSSR count). The average Bonchev–Trinajstić information content (AvgIpc) is 2.48. The summed E-state index contributed by atoms with van der Waals surface area (Å²) in [5, 5.41) is 11.3. The Bertz CT molecular complexity index is 738. The summed E-state index contributed by atoms with van der Waals surface area (Å²) in [4.78, 5) is 16.1. The molecule has 0 saturated heterocycles. The molecule has 1 aromatic carbocycles. The highest BCUT2D eigenvalue weighted by atomic mass is 35.5. The molecular formula is C15H10ClFN2O2. The van der Waals surface area contributed by atoms with Gasteiger partial charge in [-0.15, -0.1) is 0 Å². The van der Waals surface area contributed by atoms with E-state index in [9.17, 15) is 9.18 Å². The fraction of sp³-hybridized carbons (Fsp3) is 0.0667. The van der Waals surface area contributed by atoms with Gasteiger partial charge in [-0.3, -0.25) is 4.79 Å². The standard InChI is InChI=1S/C15H10ClFN2O2/c16-11-5-6-13(12(17)9-11)19-15(21)14-10(4-2-8-20)3-1-7-18-14/h1,3,5-7,9,20H,8H2,(H,19,21). The zero-order valence-corrected chi connectivity index (χ0v) is 11.5. The van der Waals surface area contributed by atoms with Crippen molar-refractivity contribution >= 4 is 23.2 Å². The molecule has 0 aliphatic heterocycles. The summed E-state index contributed by atoms with van der Waals surface area (Å²) in [7, 11) is 0. The highest BCUT2D eigenvalue weighted by Gasteiger charge is 2.14. The molecule has 0 bridgehead atoms. The molecule has 1 heterocycles. The van der Waals surface area contributed by atoms with Crippen LogP contribution in [0.25, 0.3) is 0 Å². The van der Waals surface area contributed by atoms with Gasteiger partial charge in [-0.25, -0.2) is 9.37 Å². The summed E-state index contributed by atoms with van der Waals surface area (Å²) in [6.07, 6.45) is 1.43. The van der Waals surface area contributed by atoms with E-state index in [4.69, 9.17) is 16.7 Å². The van der Waals surface area contributed by atoms with Gasteiger partial charge in [-0.2, -0.15) is 0 Å². The molecule has 1 aromatic heterocycles. The lowest BCUT2D eigenvalue weighted by Crippen LogP contribution is -2.16. The number of halogens is 2. The van der Waals surface area contributed by atoms with Gasteiger partial charge < -0.3 is 10.4 Å². The number of hydrogen-bond donors (Lipinski definition) is 2. The monoisotopic (exact) mass is 304 g/mol. The van der Waals surface area contributed by atoms with Crippen LogP contribution in [0.3, 0.4) is 0 Å². The number of carbonyl (C=O) groups excluding carboxylic acids is 1. The van der Waals surface area contributed by atoms with E-state index < -0.39 is 11.7 Å². The van der Waals surface area contributed by atoms with E-state index in [-0.39, 0.29) is 23.0 Å². The van der Waals surface area contributed by atoms with Crippen LogP contribution in [0.4, 0.5) is 10.1 Å². The molecule has 0 spiro atoms. The van der Waals surface area contributed by atoms with Crippen LogP contribution in [0.2, 0.25) is 5.02 Å². The Morgan fingerprint density at radius 3 is 2.95 bits per heavy atom. The molecule has 21 heavy (non-hydrogen) atoms. The van der Waals surface area contributed by atoms with Crippen LogP contribution in [0.5, 0.6) is 0 Å². The van der Waals surface area contributed by atoms with Crippen LogP contribution in [0, 0.1) is 17.7 Å². The van der Waals surface area contributed by atoms with Crippen molar-refractivity contribution in [3.8, 4) is 11.8 Å². The molecular weight excluding hydrogens is 295 g/mol. The fourth-order valence-electron chi connectivity index (χ4n) is 1.59. The van der Waals surface area contributed by atoms with E-state index >= 15 is 0 Å². The first-order valence-electron chi connectivity index (χ1n) is 5.93. The molecule has 2 N–H and O–H groups in total. The molecule has 1 amide bonds. The van der Waals surface area contributed by atoms with Crippen molar-refractivity contribution < 1.29 is 14.3 Å². The number of rotatable bonds is 2. The lowest BCUT2D eigenvalue weighted by molar-refractivity contribution is 0.102. The first kappa shape index (κ1) is 15.0. The Morgan fingerprint density at radius 2 is 2.24 bits per heavy atom. The van der Waals surface area contributed by atoms with Crippen molar-refractivity contribution in [2.24, 2.45) is 0 Å². The zero-order chi connectivity index (χ0) is 15.2. The van der Waals surface area contributed by atoms with Crippen LogP contribution in [-0.4, -0.2) is 22.6 Å². The second kappa shape index (κ2) is 6.84. The lowest BCUT2D eigenvalue weighted by atomic mass is 10.2. The van der Waals surface area contributed by atoms with E-state index in [0.29, 0.717) is 5.56 Å². The van der Waals surface area contributed by atoms with Gasteiger partial charge in [0.05, 0.1) is 11.3 Å². The van der Waals surface area contributed by atoms with Crippen molar-refractivity contribution in [3.05, 3.63) is 58.6 Å². The third kappa shape index (κ3) is 3.78. The quantitative estimate of drug-likeness (QED) is 0.838. The SMILES string of the molecule is O=C(Nc1ccc(Cl)cc1F)c1ncccc1C#CCO. The first-order chi connectivity index (χ1) is 10.1. The van der Waals surface area contributed by atoms with Crippen LogP contribution < -0.4 is 5.32 Å². The molecule has 0 saturated carbocycles. The number of carbonyl (C=O) groups is 1. The number of aliphatic hydroxyl groups excluding tert-OH is 1. The number of aliphatic hydroxyl groups is 1. The van der Waals surface area contributed by atoms with E-state index in [1.807, 2.05) is 0 Å². The third-order valence-electron chi connectivity index (χ3n) is 2.50. The zero-order valence-electron chi connectivity index (χ0n) is 10.7. The van der Waals surface area contributed by atoms with Crippen LogP contribution in [-0.2, 0) is 0 Å². The van der Waals surface area contributed by atoms with E-state index in [1.54, 1.807) is 12.1 Å². The van der Waals surface area contributed by atoms with Crippen molar-refractivity contribution in [1.29, 1.82) is 0 Å². The maximum absolute atomic E-state index is 13.6. The molecule has 4 nitrogen and oxygen atoms in total. The van der Waals surface area contributed by atoms with Crippen molar-refractivity contribution in [2.45, 2.75) is 0 Å². The van der Waals surface area contributed by atoms with Gasteiger partial charge in [0.1, 0.15) is 18.1 Å². The van der Waals surface area contributed by atoms with Gasteiger partial charge in [0, 0.05) is 11.2 Å². The molecule has 2 aromatic rings. The summed E-state index contributed by atoms with van der Waals surface area (Å²) < 4.78 is 13.6. The Hall–Kier alpha value is -2.42. The van der Waals surface area contributed by atoms with Gasteiger partial charge in [0.25, 0.3) is 5.91 Å². The number of hydrogen-bond acceptors (Lipinski definition) is 3. The summed E-state index contributed by atoms with van der Waals surface area (Å²) in [6, 6.07) is 7.12. The minimum Gasteiger partial charge on any atom is -0.384 e. The second-order valence-corrected chi connectivity index (χ2v) is 4.37. The number of amides is 1. The Labute approximate surface area is 125 Å². The van der Waals surface area contributed by atoms with Crippen LogP contribution in [0.1, 0.15) is 16.1 Å². The second-order valence-electron chi connectivity index (χ2n) is 3.94. The number of pyridine rings is 1. The van der Waals surface area contributed by atoms with Gasteiger partial charge >= 0.3 is 0 Å². The van der Waals surface area contributed by atoms with Gasteiger partial charge in [-0.1, -0.05) is 23.4 Å². The Morgan fingerprint density at radius 1 is 1.43 bits per heavy atom. The Kier molecular flexibility index (Phi) is 4.88. The van der Waals surface area contributed by atoms with Gasteiger partial charge in [0.15, 0.2) is 0 Å². The maximum atomic E-state index is 13.6. The molecule has 6 heteroatoms. The molecule has 0 atom stereocenters. The third-order valence-corrected chi connectivity index (χ3v) is 2.74. The van der Waals surface area contributed by atoms with E-state index in [0.717, 1.165) is 6.07 Å². The predicted molar refractivity (Wildman–Crippen MR) is 77.6 cm³/mol. The minimum atomic E-state index is -0.644. The van der Waals surface area contributed by atoms with Gasteiger partial charge in [-0.05, 0) is 30.3 Å². The van der Waals surface area contributed by atoms with E-state index in [2.05, 4.69) is 22.1 Å². The number of aromatic nitrogens is 1. The topological polar surface area (TPSA) is 62.2 Å². The number of anilines is 1. The fourth-order valence-corrected chi connectivity index (χ4v) is 1.75. The van der Waals surface area contributed by atoms with Crippen LogP contribution >= 0.6 is 11.6 Å². The largest absolute Gasteiger partial charge is 0.384 e. The Balaban J connectivity index is 2.28. The molecule has 0 radical (unpaired) electrons. The van der Waals surface area contributed by atoms with Crippen molar-refractivity contribution in [3.63, 3.8) is 0 Å². The summed E-state index contributed by atoms with van der Waals surface area (Å²) in [6.45, 7) is -0.332. The highest BCUT2D eigenvalue weighted by molar-refractivity contribution is 6.30. The molecule has 0 aliphatic rings. The smallest absolute Gasteiger partial charge is 0.275 e. The predicted octanol–water partition coefficient (Wildman–Crippen LogP) is 2.47. The summed E-state index contributed by atoms with van der Waals surface area (Å²) >= 11 is 5.65. The normalized spacial score (nSPS) is 9.67. The number of nitrogens with zero attached hydrogens (tertiary/aromatic N) is 1.